The lowest BCUT2D eigenvalue weighted by Crippen LogP contribution is -2.64. The molecule has 0 aromatic heterocycles. The van der Waals surface area contributed by atoms with Gasteiger partial charge in [-0.3, -0.25) is 9.59 Å². The van der Waals surface area contributed by atoms with Gasteiger partial charge in [-0.25, -0.2) is 4.79 Å². The molecule has 4 aliphatic rings. The van der Waals surface area contributed by atoms with Crippen molar-refractivity contribution in [2.75, 3.05) is 27.9 Å². The highest BCUT2D eigenvalue weighted by Gasteiger charge is 2.56. The summed E-state index contributed by atoms with van der Waals surface area (Å²) < 4.78 is 29.8. The van der Waals surface area contributed by atoms with Crippen molar-refractivity contribution < 1.29 is 58.5 Å². The van der Waals surface area contributed by atoms with E-state index in [0.717, 1.165) is 5.57 Å². The number of fused-ring (bicyclic) bond motifs is 3. The minimum absolute atomic E-state index is 0.00416. The zero-order valence-electron chi connectivity index (χ0n) is 35.5. The Morgan fingerprint density at radius 3 is 2.23 bits per heavy atom. The van der Waals surface area contributed by atoms with Gasteiger partial charge in [0.2, 0.25) is 5.79 Å². The van der Waals surface area contributed by atoms with E-state index in [9.17, 15) is 34.8 Å². The molecule has 0 spiro atoms. The maximum atomic E-state index is 14.3. The summed E-state index contributed by atoms with van der Waals surface area (Å²) >= 11 is 0. The van der Waals surface area contributed by atoms with E-state index in [2.05, 4.69) is 13.5 Å². The number of methoxy groups -OCH3 is 3. The summed E-state index contributed by atoms with van der Waals surface area (Å²) in [6.45, 7) is 13.3. The number of allylic oxidation sites excluding steroid dienone is 3. The monoisotopic (exact) mass is 805 g/mol. The number of cyclic esters (lactones) is 1. The lowest BCUT2D eigenvalue weighted by atomic mass is 9.81. The first-order valence-corrected chi connectivity index (χ1v) is 21.0. The molecule has 1 saturated carbocycles. The minimum Gasteiger partial charge on any atom is -0.456 e. The van der Waals surface area contributed by atoms with Crippen LogP contribution in [0.1, 0.15) is 105 Å². The van der Waals surface area contributed by atoms with Crippen LogP contribution in [-0.4, -0.2) is 132 Å². The average molecular weight is 806 g/mol. The van der Waals surface area contributed by atoms with E-state index in [1.54, 1.807) is 27.0 Å². The van der Waals surface area contributed by atoms with Gasteiger partial charge in [0, 0.05) is 52.0 Å². The van der Waals surface area contributed by atoms with Crippen LogP contribution < -0.4 is 0 Å². The van der Waals surface area contributed by atoms with Crippen LogP contribution in [0.3, 0.4) is 0 Å². The van der Waals surface area contributed by atoms with Gasteiger partial charge in [0.25, 0.3) is 11.7 Å². The molecule has 0 aromatic rings. The van der Waals surface area contributed by atoms with Gasteiger partial charge < -0.3 is 49.0 Å². The molecule has 0 radical (unpaired) electrons. The molecule has 4 N–H and O–H groups in total. The van der Waals surface area contributed by atoms with Crippen molar-refractivity contribution in [2.45, 2.75) is 166 Å². The second-order valence-electron chi connectivity index (χ2n) is 17.5. The lowest BCUT2D eigenvalue weighted by molar-refractivity contribution is -0.302. The number of esters is 1. The Labute approximate surface area is 339 Å². The minimum atomic E-state index is -2.50. The van der Waals surface area contributed by atoms with Crippen molar-refractivity contribution in [3.05, 3.63) is 36.0 Å². The van der Waals surface area contributed by atoms with E-state index >= 15 is 0 Å². The van der Waals surface area contributed by atoms with Gasteiger partial charge in [-0.2, -0.15) is 0 Å². The number of rotatable bonds is 7. The third-order valence-corrected chi connectivity index (χ3v) is 13.1. The Kier molecular flexibility index (Phi) is 17.5. The predicted octanol–water partition coefficient (Wildman–Crippen LogP) is 4.43. The van der Waals surface area contributed by atoms with Crippen LogP contribution in [0.4, 0.5) is 0 Å². The zero-order chi connectivity index (χ0) is 42.2. The number of hydrogen-bond donors (Lipinski definition) is 4. The van der Waals surface area contributed by atoms with Crippen molar-refractivity contribution in [2.24, 2.45) is 29.6 Å². The molecule has 1 amide bonds. The fourth-order valence-corrected chi connectivity index (χ4v) is 9.60. The maximum absolute atomic E-state index is 14.3. The van der Waals surface area contributed by atoms with Gasteiger partial charge in [0.05, 0.1) is 36.6 Å². The van der Waals surface area contributed by atoms with Crippen LogP contribution in [0.5, 0.6) is 0 Å². The van der Waals surface area contributed by atoms with Gasteiger partial charge >= 0.3 is 5.97 Å². The molecule has 1 aliphatic carbocycles. The van der Waals surface area contributed by atoms with E-state index in [4.69, 9.17) is 23.7 Å². The van der Waals surface area contributed by atoms with Gasteiger partial charge in [-0.1, -0.05) is 44.6 Å². The van der Waals surface area contributed by atoms with E-state index in [1.165, 1.54) is 19.1 Å². The van der Waals surface area contributed by atoms with Crippen LogP contribution in [0.25, 0.3) is 0 Å². The summed E-state index contributed by atoms with van der Waals surface area (Å²) in [6.07, 6.45) is 4.82. The standard InChI is InChI=1S/C44H71NO12/c1-10-13-31-19-25(2)18-26(3)20-37(54-8)40-38(55-9)22-28(5)44(52,57-40)41(49)42(50)45-17-12-11-14-32(45)43(51)56-39(29(6)34(47)24-35(31)48)27(4)21-30-15-16-33(46)36(23-30)53-7/h10,19,21,26,28-40,46-48,52H,1,11-18,20,22-24H2,2-9H3/b25-19+,27-21+/t26-,28+,29+,30-,31+,32-,33+,34-,35+,36+,37-,38-,39+,40+,44+/m0/s1. The fraction of sp³-hybridized carbons (Fsp3) is 0.795. The summed E-state index contributed by atoms with van der Waals surface area (Å²) in [5.41, 5.74) is 1.70. The Balaban J connectivity index is 1.77. The molecule has 3 aliphatic heterocycles. The summed E-state index contributed by atoms with van der Waals surface area (Å²) in [4.78, 5) is 44.0. The van der Waals surface area contributed by atoms with E-state index in [1.807, 2.05) is 26.0 Å². The van der Waals surface area contributed by atoms with Crippen molar-refractivity contribution in [1.29, 1.82) is 0 Å². The molecular formula is C44H71NO12. The average Bonchev–Trinajstić information content (AvgIpc) is 3.18. The Morgan fingerprint density at radius 1 is 0.912 bits per heavy atom. The Bertz CT molecular complexity index is 1430. The van der Waals surface area contributed by atoms with Crippen LogP contribution in [-0.2, 0) is 38.1 Å². The summed E-state index contributed by atoms with van der Waals surface area (Å²) in [5.74, 6) is -7.22. The van der Waals surface area contributed by atoms with Crippen LogP contribution in [0, 0.1) is 29.6 Å². The molecule has 324 valence electrons. The number of carbonyl (C=O) groups is 3. The number of hydrogen-bond acceptors (Lipinski definition) is 12. The normalized spacial score (nSPS) is 42.2. The van der Waals surface area contributed by atoms with Crippen molar-refractivity contribution in [3.63, 3.8) is 0 Å². The number of aliphatic hydroxyl groups excluding tert-OH is 3. The quantitative estimate of drug-likeness (QED) is 0.162. The number of carbonyl (C=O) groups excluding carboxylic acids is 3. The smallest absolute Gasteiger partial charge is 0.329 e. The SMILES string of the molecule is C=CC[C@@H]1/C=C(\C)C[C@H](C)C[C@H](OC)[C@H]2O[C@@](O)(C(=O)C(=O)N3CCCC[C@H]3C(=O)O[C@H](/C(C)=C/[C@@H]3CC[C@@H](O)[C@H](OC)C3)[C@H](C)[C@@H](O)C[C@H]1O)[C@H](C)C[C@@H]2OC. The number of ether oxygens (including phenoxy) is 5. The molecule has 13 nitrogen and oxygen atoms in total. The van der Waals surface area contributed by atoms with Crippen LogP contribution >= 0.6 is 0 Å². The molecular weight excluding hydrogens is 734 g/mol. The summed E-state index contributed by atoms with van der Waals surface area (Å²) in [6, 6.07) is -1.13. The van der Waals surface area contributed by atoms with Gasteiger partial charge in [-0.15, -0.1) is 6.58 Å². The van der Waals surface area contributed by atoms with Gasteiger partial charge in [-0.05, 0) is 95.5 Å². The molecule has 0 aromatic carbocycles. The van der Waals surface area contributed by atoms with Crippen molar-refractivity contribution >= 4 is 17.7 Å². The molecule has 2 saturated heterocycles. The first kappa shape index (κ1) is 47.2. The van der Waals surface area contributed by atoms with Gasteiger partial charge in [0.15, 0.2) is 0 Å². The molecule has 3 fully saturated rings. The molecule has 3 heterocycles. The Hall–Kier alpha value is -2.49. The highest BCUT2D eigenvalue weighted by atomic mass is 16.7. The third-order valence-electron chi connectivity index (χ3n) is 13.1. The van der Waals surface area contributed by atoms with E-state index in [-0.39, 0.29) is 49.7 Å². The van der Waals surface area contributed by atoms with Crippen molar-refractivity contribution in [3.8, 4) is 0 Å². The first-order valence-electron chi connectivity index (χ1n) is 21.0. The number of Topliss-reactive ketones (excluding diaryl/α,β-unsaturated/α-hetero) is 1. The number of piperidine rings is 1. The predicted molar refractivity (Wildman–Crippen MR) is 214 cm³/mol. The number of nitrogens with zero attached hydrogens (tertiary/aromatic N) is 1. The molecule has 0 unspecified atom stereocenters. The summed E-state index contributed by atoms with van der Waals surface area (Å²) in [5, 5.41) is 45.8. The molecule has 13 heteroatoms. The molecule has 15 atom stereocenters. The molecule has 4 rings (SSSR count). The zero-order valence-corrected chi connectivity index (χ0v) is 35.5. The van der Waals surface area contributed by atoms with Crippen LogP contribution in [0.15, 0.2) is 36.0 Å². The Morgan fingerprint density at radius 2 is 1.58 bits per heavy atom. The maximum Gasteiger partial charge on any atom is 0.329 e. The second kappa shape index (κ2) is 21.2. The summed E-state index contributed by atoms with van der Waals surface area (Å²) in [7, 11) is 4.64. The van der Waals surface area contributed by atoms with E-state index < -0.39 is 84.1 Å². The third kappa shape index (κ3) is 11.4. The number of aliphatic hydroxyl groups is 4. The molecule has 2 bridgehead atoms. The molecule has 57 heavy (non-hydrogen) atoms. The fourth-order valence-electron chi connectivity index (χ4n) is 9.60. The largest absolute Gasteiger partial charge is 0.456 e. The van der Waals surface area contributed by atoms with Crippen molar-refractivity contribution in [1.82, 2.24) is 4.90 Å². The van der Waals surface area contributed by atoms with E-state index in [0.29, 0.717) is 56.9 Å². The number of amides is 1. The van der Waals surface area contributed by atoms with Gasteiger partial charge in [0.1, 0.15) is 18.2 Å². The topological polar surface area (TPSA) is 182 Å². The van der Waals surface area contributed by atoms with Crippen LogP contribution in [0.2, 0.25) is 0 Å². The first-order chi connectivity index (χ1) is 27.0. The highest BCUT2D eigenvalue weighted by molar-refractivity contribution is 6.39. The highest BCUT2D eigenvalue weighted by Crippen LogP contribution is 2.39. The second-order valence-corrected chi connectivity index (χ2v) is 17.5. The lowest BCUT2D eigenvalue weighted by Gasteiger charge is -2.47. The number of ketones is 1.